The van der Waals surface area contributed by atoms with Crippen molar-refractivity contribution in [3.05, 3.63) is 66.2 Å². The molecule has 0 bridgehead atoms. The highest BCUT2D eigenvalue weighted by Crippen LogP contribution is 2.38. The molecule has 3 aromatic rings. The standard InChI is InChI=1S/C33H43N3O9S/c1-9-27(33(38)34-22(2)3)35(20-23-10-12-24(41-4)13-11-23)32(37)21-36(28-18-25(42-5)14-16-29(28)43-6)46(39,40)26-15-17-30(44-7)31(19-26)45-8/h10-19,22,27H,9,20-21H2,1-8H3,(H,34,38). The molecule has 13 heteroatoms. The minimum Gasteiger partial charge on any atom is -0.497 e. The van der Waals surface area contributed by atoms with E-state index >= 15 is 0 Å². The number of ether oxygens (including phenoxy) is 5. The third-order valence-corrected chi connectivity index (χ3v) is 8.96. The van der Waals surface area contributed by atoms with Crippen LogP contribution in [-0.4, -0.2) is 79.3 Å². The molecule has 3 rings (SSSR count). The number of carbonyl (C=O) groups is 2. The molecule has 0 aliphatic heterocycles. The van der Waals surface area contributed by atoms with E-state index in [1.54, 1.807) is 50.4 Å². The Bertz CT molecular complexity index is 1590. The summed E-state index contributed by atoms with van der Waals surface area (Å²) in [4.78, 5) is 29.0. The van der Waals surface area contributed by atoms with Crippen molar-refractivity contribution in [2.45, 2.75) is 50.7 Å². The smallest absolute Gasteiger partial charge is 0.265 e. The maximum atomic E-state index is 14.4. The second kappa shape index (κ2) is 16.1. The fraction of sp³-hybridized carbons (Fsp3) is 0.394. The summed E-state index contributed by atoms with van der Waals surface area (Å²) in [6.45, 7) is 4.82. The van der Waals surface area contributed by atoms with Gasteiger partial charge in [-0.25, -0.2) is 8.42 Å². The van der Waals surface area contributed by atoms with Crippen LogP contribution in [0.4, 0.5) is 5.69 Å². The number of sulfonamides is 1. The van der Waals surface area contributed by atoms with Gasteiger partial charge >= 0.3 is 0 Å². The Hall–Kier alpha value is -4.65. The van der Waals surface area contributed by atoms with Gasteiger partial charge in [-0.15, -0.1) is 0 Å². The molecule has 1 N–H and O–H groups in total. The van der Waals surface area contributed by atoms with E-state index < -0.39 is 28.5 Å². The molecule has 0 heterocycles. The van der Waals surface area contributed by atoms with E-state index in [0.717, 1.165) is 9.87 Å². The number of anilines is 1. The first-order chi connectivity index (χ1) is 21.9. The number of nitrogens with zero attached hydrogens (tertiary/aromatic N) is 2. The zero-order valence-electron chi connectivity index (χ0n) is 27.5. The van der Waals surface area contributed by atoms with E-state index in [1.807, 2.05) is 13.8 Å². The van der Waals surface area contributed by atoms with Gasteiger partial charge in [-0.2, -0.15) is 0 Å². The number of hydrogen-bond donors (Lipinski definition) is 1. The van der Waals surface area contributed by atoms with Crippen LogP contribution in [0.2, 0.25) is 0 Å². The molecule has 2 amide bonds. The third kappa shape index (κ3) is 8.33. The Morgan fingerprint density at radius 1 is 0.761 bits per heavy atom. The van der Waals surface area contributed by atoms with Crippen molar-refractivity contribution in [3.8, 4) is 28.7 Å². The molecule has 0 aromatic heterocycles. The topological polar surface area (TPSA) is 133 Å². The molecule has 3 aromatic carbocycles. The van der Waals surface area contributed by atoms with E-state index in [-0.39, 0.29) is 47.0 Å². The lowest BCUT2D eigenvalue weighted by Crippen LogP contribution is -2.53. The molecule has 0 radical (unpaired) electrons. The number of benzene rings is 3. The highest BCUT2D eigenvalue weighted by Gasteiger charge is 2.35. The molecule has 0 aliphatic carbocycles. The van der Waals surface area contributed by atoms with Crippen molar-refractivity contribution in [3.63, 3.8) is 0 Å². The summed E-state index contributed by atoms with van der Waals surface area (Å²) in [5, 5.41) is 2.88. The summed E-state index contributed by atoms with van der Waals surface area (Å²) >= 11 is 0. The third-order valence-electron chi connectivity index (χ3n) is 7.21. The molecule has 250 valence electrons. The van der Waals surface area contributed by atoms with Crippen LogP contribution in [0, 0.1) is 0 Å². The maximum Gasteiger partial charge on any atom is 0.265 e. The van der Waals surface area contributed by atoms with Gasteiger partial charge in [-0.1, -0.05) is 19.1 Å². The van der Waals surface area contributed by atoms with E-state index in [0.29, 0.717) is 17.2 Å². The van der Waals surface area contributed by atoms with Crippen LogP contribution < -0.4 is 33.3 Å². The second-order valence-corrected chi connectivity index (χ2v) is 12.4. The maximum absolute atomic E-state index is 14.4. The van der Waals surface area contributed by atoms with E-state index in [2.05, 4.69) is 5.32 Å². The number of nitrogens with one attached hydrogen (secondary N) is 1. The number of hydrogen-bond acceptors (Lipinski definition) is 9. The van der Waals surface area contributed by atoms with Crippen molar-refractivity contribution >= 4 is 27.5 Å². The van der Waals surface area contributed by atoms with Gasteiger partial charge in [0.1, 0.15) is 29.8 Å². The average Bonchev–Trinajstić information content (AvgIpc) is 3.06. The van der Waals surface area contributed by atoms with Gasteiger partial charge in [0.2, 0.25) is 11.8 Å². The van der Waals surface area contributed by atoms with Gasteiger partial charge in [0.25, 0.3) is 10.0 Å². The van der Waals surface area contributed by atoms with Crippen LogP contribution in [0.5, 0.6) is 28.7 Å². The Morgan fingerprint density at radius 2 is 1.35 bits per heavy atom. The normalized spacial score (nSPS) is 11.8. The molecule has 0 spiro atoms. The molecule has 0 saturated heterocycles. The molecule has 0 aliphatic rings. The Kier molecular flexibility index (Phi) is 12.5. The molecule has 12 nitrogen and oxygen atoms in total. The van der Waals surface area contributed by atoms with Gasteiger partial charge in [0.15, 0.2) is 11.5 Å². The van der Waals surface area contributed by atoms with Gasteiger partial charge in [0, 0.05) is 24.7 Å². The van der Waals surface area contributed by atoms with E-state index in [4.69, 9.17) is 23.7 Å². The van der Waals surface area contributed by atoms with Crippen LogP contribution in [0.1, 0.15) is 32.8 Å². The predicted octanol–water partition coefficient (Wildman–Crippen LogP) is 4.26. The fourth-order valence-electron chi connectivity index (χ4n) is 4.84. The number of rotatable bonds is 16. The molecule has 0 saturated carbocycles. The number of methoxy groups -OCH3 is 5. The molecular weight excluding hydrogens is 614 g/mol. The van der Waals surface area contributed by atoms with Crippen LogP contribution in [0.15, 0.2) is 65.6 Å². The van der Waals surface area contributed by atoms with Gasteiger partial charge < -0.3 is 33.9 Å². The summed E-state index contributed by atoms with van der Waals surface area (Å²) in [5.74, 6) is 0.699. The lowest BCUT2D eigenvalue weighted by molar-refractivity contribution is -0.140. The van der Waals surface area contributed by atoms with Crippen LogP contribution in [-0.2, 0) is 26.2 Å². The number of amides is 2. The molecule has 1 unspecified atom stereocenters. The zero-order valence-corrected chi connectivity index (χ0v) is 28.3. The molecule has 1 atom stereocenters. The Morgan fingerprint density at radius 3 is 1.89 bits per heavy atom. The van der Waals surface area contributed by atoms with Gasteiger partial charge in [-0.3, -0.25) is 13.9 Å². The highest BCUT2D eigenvalue weighted by molar-refractivity contribution is 7.92. The summed E-state index contributed by atoms with van der Waals surface area (Å²) in [6, 6.07) is 14.8. The molecule has 0 fully saturated rings. The van der Waals surface area contributed by atoms with Crippen molar-refractivity contribution in [2.75, 3.05) is 46.4 Å². The first kappa shape index (κ1) is 35.8. The summed E-state index contributed by atoms with van der Waals surface area (Å²) in [7, 11) is 2.77. The summed E-state index contributed by atoms with van der Waals surface area (Å²) in [5.41, 5.74) is 0.785. The summed E-state index contributed by atoms with van der Waals surface area (Å²) < 4.78 is 56.7. The van der Waals surface area contributed by atoms with Crippen molar-refractivity contribution in [1.82, 2.24) is 10.2 Å². The van der Waals surface area contributed by atoms with Crippen molar-refractivity contribution in [2.24, 2.45) is 0 Å². The highest BCUT2D eigenvalue weighted by atomic mass is 32.2. The monoisotopic (exact) mass is 657 g/mol. The first-order valence-electron chi connectivity index (χ1n) is 14.6. The van der Waals surface area contributed by atoms with Crippen LogP contribution >= 0.6 is 0 Å². The SMILES string of the molecule is CCC(C(=O)NC(C)C)N(Cc1ccc(OC)cc1)C(=O)CN(c1cc(OC)ccc1OC)S(=O)(=O)c1ccc(OC)c(OC)c1. The predicted molar refractivity (Wildman–Crippen MR) is 175 cm³/mol. The largest absolute Gasteiger partial charge is 0.497 e. The van der Waals surface area contributed by atoms with Crippen molar-refractivity contribution < 1.29 is 41.7 Å². The van der Waals surface area contributed by atoms with Gasteiger partial charge in [0.05, 0.1) is 46.1 Å². The fourth-order valence-corrected chi connectivity index (χ4v) is 6.27. The lowest BCUT2D eigenvalue weighted by atomic mass is 10.1. The van der Waals surface area contributed by atoms with Crippen molar-refractivity contribution in [1.29, 1.82) is 0 Å². The summed E-state index contributed by atoms with van der Waals surface area (Å²) in [6.07, 6.45) is 0.283. The lowest BCUT2D eigenvalue weighted by Gasteiger charge is -2.34. The first-order valence-corrected chi connectivity index (χ1v) is 16.1. The molecular formula is C33H43N3O9S. The van der Waals surface area contributed by atoms with Crippen LogP contribution in [0.25, 0.3) is 0 Å². The van der Waals surface area contributed by atoms with Gasteiger partial charge in [-0.05, 0) is 62.2 Å². The number of carbonyl (C=O) groups excluding carboxylic acids is 2. The Balaban J connectivity index is 2.19. The van der Waals surface area contributed by atoms with Crippen LogP contribution in [0.3, 0.4) is 0 Å². The van der Waals surface area contributed by atoms with E-state index in [1.165, 1.54) is 57.6 Å². The zero-order chi connectivity index (χ0) is 34.0. The van der Waals surface area contributed by atoms with E-state index in [9.17, 15) is 18.0 Å². The minimum absolute atomic E-state index is 0.0341. The minimum atomic E-state index is -4.45. The second-order valence-electron chi connectivity index (χ2n) is 10.5. The molecule has 46 heavy (non-hydrogen) atoms. The Labute approximate surface area is 271 Å². The quantitative estimate of drug-likeness (QED) is 0.240. The average molecular weight is 658 g/mol.